The van der Waals surface area contributed by atoms with Crippen LogP contribution in [0.2, 0.25) is 0 Å². The Morgan fingerprint density at radius 3 is 2.38 bits per heavy atom. The van der Waals surface area contributed by atoms with Crippen molar-refractivity contribution in [1.29, 1.82) is 0 Å². The van der Waals surface area contributed by atoms with E-state index in [4.69, 9.17) is 5.14 Å². The fraction of sp³-hybridized carbons (Fsp3) is 0.600. The molecule has 1 aromatic rings. The summed E-state index contributed by atoms with van der Waals surface area (Å²) in [6.45, 7) is 5.44. The summed E-state index contributed by atoms with van der Waals surface area (Å²) in [5.41, 5.74) is 1.08. The molecule has 1 aliphatic rings. The fourth-order valence-electron chi connectivity index (χ4n) is 2.67. The van der Waals surface area contributed by atoms with E-state index < -0.39 is 10.0 Å². The van der Waals surface area contributed by atoms with Crippen LogP contribution in [-0.2, 0) is 10.0 Å². The van der Waals surface area contributed by atoms with E-state index in [-0.39, 0.29) is 10.9 Å². The van der Waals surface area contributed by atoms with Gasteiger partial charge in [0, 0.05) is 6.04 Å². The molecule has 1 fully saturated rings. The third-order valence-corrected chi connectivity index (χ3v) is 5.19. The molecule has 0 spiro atoms. The van der Waals surface area contributed by atoms with Crippen LogP contribution in [-0.4, -0.2) is 40.0 Å². The molecule has 1 unspecified atom stereocenters. The number of piperidine rings is 1. The van der Waals surface area contributed by atoms with E-state index in [0.717, 1.165) is 18.0 Å². The maximum absolute atomic E-state index is 11.2. The molecule has 1 aromatic carbocycles. The first-order chi connectivity index (χ1) is 9.86. The van der Waals surface area contributed by atoms with Crippen molar-refractivity contribution in [2.75, 3.05) is 26.7 Å². The normalized spacial score (nSPS) is 19.6. The second-order valence-electron chi connectivity index (χ2n) is 5.99. The molecule has 21 heavy (non-hydrogen) atoms. The number of benzene rings is 1. The van der Waals surface area contributed by atoms with E-state index in [1.165, 1.54) is 25.9 Å². The molecule has 1 saturated heterocycles. The van der Waals surface area contributed by atoms with Crippen molar-refractivity contribution in [3.8, 4) is 0 Å². The lowest BCUT2D eigenvalue weighted by Gasteiger charge is -2.30. The van der Waals surface area contributed by atoms with Gasteiger partial charge in [-0.15, -0.1) is 0 Å². The first-order valence-electron chi connectivity index (χ1n) is 7.41. The lowest BCUT2D eigenvalue weighted by molar-refractivity contribution is 0.213. The van der Waals surface area contributed by atoms with Gasteiger partial charge in [-0.05, 0) is 70.1 Å². The Labute approximate surface area is 127 Å². The van der Waals surface area contributed by atoms with Crippen LogP contribution in [0.4, 0.5) is 0 Å². The van der Waals surface area contributed by atoms with Crippen molar-refractivity contribution < 1.29 is 8.42 Å². The van der Waals surface area contributed by atoms with E-state index in [9.17, 15) is 8.42 Å². The van der Waals surface area contributed by atoms with Crippen molar-refractivity contribution in [1.82, 2.24) is 10.2 Å². The maximum atomic E-state index is 11.2. The molecule has 1 atom stereocenters. The number of primary sulfonamides is 1. The van der Waals surface area contributed by atoms with Gasteiger partial charge in [-0.2, -0.15) is 0 Å². The zero-order chi connectivity index (χ0) is 15.5. The van der Waals surface area contributed by atoms with Crippen LogP contribution >= 0.6 is 0 Å². The van der Waals surface area contributed by atoms with E-state index in [1.54, 1.807) is 12.1 Å². The van der Waals surface area contributed by atoms with E-state index >= 15 is 0 Å². The van der Waals surface area contributed by atoms with Gasteiger partial charge in [-0.1, -0.05) is 12.1 Å². The molecule has 3 N–H and O–H groups in total. The number of nitrogens with two attached hydrogens (primary N) is 1. The minimum absolute atomic E-state index is 0.161. The highest BCUT2D eigenvalue weighted by atomic mass is 32.2. The second kappa shape index (κ2) is 6.87. The summed E-state index contributed by atoms with van der Waals surface area (Å²) < 4.78 is 22.5. The highest BCUT2D eigenvalue weighted by molar-refractivity contribution is 7.89. The Bertz CT molecular complexity index is 549. The minimum Gasteiger partial charge on any atom is -0.310 e. The molecule has 0 amide bonds. The van der Waals surface area contributed by atoms with Crippen LogP contribution in [0.25, 0.3) is 0 Å². The first-order valence-corrected chi connectivity index (χ1v) is 8.95. The molecular weight excluding hydrogens is 286 g/mol. The largest absolute Gasteiger partial charge is 0.310 e. The van der Waals surface area contributed by atoms with Crippen LogP contribution < -0.4 is 10.5 Å². The van der Waals surface area contributed by atoms with Crippen molar-refractivity contribution in [3.63, 3.8) is 0 Å². The van der Waals surface area contributed by atoms with Crippen molar-refractivity contribution in [2.45, 2.75) is 30.7 Å². The van der Waals surface area contributed by atoms with Crippen molar-refractivity contribution in [2.24, 2.45) is 11.1 Å². The van der Waals surface area contributed by atoms with Gasteiger partial charge in [-0.25, -0.2) is 13.6 Å². The SMILES string of the molecule is CC(NCC1CCN(C)CC1)c1ccc(S(N)(=O)=O)cc1. The number of nitrogens with zero attached hydrogens (tertiary/aromatic N) is 1. The predicted octanol–water partition coefficient (Wildman–Crippen LogP) is 1.33. The van der Waals surface area contributed by atoms with Gasteiger partial charge < -0.3 is 10.2 Å². The van der Waals surface area contributed by atoms with E-state index in [0.29, 0.717) is 0 Å². The maximum Gasteiger partial charge on any atom is 0.238 e. The van der Waals surface area contributed by atoms with Crippen LogP contribution in [0.5, 0.6) is 0 Å². The molecule has 0 bridgehead atoms. The van der Waals surface area contributed by atoms with Gasteiger partial charge in [0.15, 0.2) is 0 Å². The summed E-state index contributed by atoms with van der Waals surface area (Å²) in [6.07, 6.45) is 2.47. The second-order valence-corrected chi connectivity index (χ2v) is 7.55. The number of likely N-dealkylation sites (tertiary alicyclic amines) is 1. The molecule has 5 nitrogen and oxygen atoms in total. The standard InChI is InChI=1S/C15H25N3O2S/c1-12(17-11-13-7-9-18(2)10-8-13)14-3-5-15(6-4-14)21(16,19)20/h3-6,12-13,17H,7-11H2,1-2H3,(H2,16,19,20). The van der Waals surface area contributed by atoms with Crippen LogP contribution in [0.1, 0.15) is 31.4 Å². The molecule has 2 rings (SSSR count). The first kappa shape index (κ1) is 16.4. The summed E-state index contributed by atoms with van der Waals surface area (Å²) in [4.78, 5) is 2.53. The molecule has 1 heterocycles. The third-order valence-electron chi connectivity index (χ3n) is 4.26. The average Bonchev–Trinajstić information content (AvgIpc) is 2.45. The molecular formula is C15H25N3O2S. The monoisotopic (exact) mass is 311 g/mol. The Morgan fingerprint density at radius 1 is 1.29 bits per heavy atom. The number of rotatable bonds is 5. The number of nitrogens with one attached hydrogen (secondary N) is 1. The summed E-state index contributed by atoms with van der Waals surface area (Å²) in [6, 6.07) is 6.99. The third kappa shape index (κ3) is 4.78. The minimum atomic E-state index is -3.60. The number of sulfonamides is 1. The van der Waals surface area contributed by atoms with Gasteiger partial charge in [0.25, 0.3) is 0 Å². The molecule has 6 heteroatoms. The summed E-state index contributed by atoms with van der Waals surface area (Å²) in [5, 5.41) is 8.65. The van der Waals surface area contributed by atoms with Gasteiger partial charge in [0.2, 0.25) is 10.0 Å². The Hall–Kier alpha value is -0.950. The highest BCUT2D eigenvalue weighted by Crippen LogP contribution is 2.18. The molecule has 0 saturated carbocycles. The van der Waals surface area contributed by atoms with E-state index in [1.807, 2.05) is 12.1 Å². The van der Waals surface area contributed by atoms with Crippen LogP contribution in [0.3, 0.4) is 0 Å². The molecule has 118 valence electrons. The Morgan fingerprint density at radius 2 is 1.86 bits per heavy atom. The topological polar surface area (TPSA) is 75.4 Å². The van der Waals surface area contributed by atoms with Gasteiger partial charge >= 0.3 is 0 Å². The smallest absolute Gasteiger partial charge is 0.238 e. The zero-order valence-electron chi connectivity index (χ0n) is 12.7. The van der Waals surface area contributed by atoms with E-state index in [2.05, 4.69) is 24.2 Å². The number of hydrogen-bond acceptors (Lipinski definition) is 4. The molecule has 0 aromatic heterocycles. The molecule has 0 aliphatic carbocycles. The predicted molar refractivity (Wildman–Crippen MR) is 84.5 cm³/mol. The van der Waals surface area contributed by atoms with Gasteiger partial charge in [-0.3, -0.25) is 0 Å². The number of hydrogen-bond donors (Lipinski definition) is 2. The van der Waals surface area contributed by atoms with Crippen molar-refractivity contribution in [3.05, 3.63) is 29.8 Å². The summed E-state index contributed by atoms with van der Waals surface area (Å²) in [5.74, 6) is 0.729. The summed E-state index contributed by atoms with van der Waals surface area (Å²) >= 11 is 0. The van der Waals surface area contributed by atoms with Gasteiger partial charge in [0.1, 0.15) is 0 Å². The lowest BCUT2D eigenvalue weighted by Crippen LogP contribution is -2.35. The van der Waals surface area contributed by atoms with Crippen molar-refractivity contribution >= 4 is 10.0 Å². The summed E-state index contributed by atoms with van der Waals surface area (Å²) in [7, 11) is -1.44. The highest BCUT2D eigenvalue weighted by Gasteiger charge is 2.17. The molecule has 1 aliphatic heterocycles. The van der Waals surface area contributed by atoms with Gasteiger partial charge in [0.05, 0.1) is 4.90 Å². The van der Waals surface area contributed by atoms with Crippen LogP contribution in [0.15, 0.2) is 29.2 Å². The average molecular weight is 311 g/mol. The zero-order valence-corrected chi connectivity index (χ0v) is 13.6. The molecule has 0 radical (unpaired) electrons. The van der Waals surface area contributed by atoms with Crippen LogP contribution in [0, 0.1) is 5.92 Å². The quantitative estimate of drug-likeness (QED) is 0.860. The lowest BCUT2D eigenvalue weighted by atomic mass is 9.96. The Kier molecular flexibility index (Phi) is 5.37. The fourth-order valence-corrected chi connectivity index (χ4v) is 3.19. The Balaban J connectivity index is 1.87.